The lowest BCUT2D eigenvalue weighted by atomic mass is 9.86. The molecule has 2 fully saturated rings. The molecule has 0 aromatic carbocycles. The first-order valence-corrected chi connectivity index (χ1v) is 12.2. The normalized spacial score (nSPS) is 20.2. The van der Waals surface area contributed by atoms with E-state index in [-0.39, 0.29) is 6.04 Å². The molecule has 1 aliphatic carbocycles. The number of amides is 1. The van der Waals surface area contributed by atoms with Crippen molar-refractivity contribution < 1.29 is 9.32 Å². The Morgan fingerprint density at radius 2 is 1.90 bits per heavy atom. The van der Waals surface area contributed by atoms with Crippen molar-refractivity contribution in [2.45, 2.75) is 97.4 Å². The number of likely N-dealkylation sites (tertiary alicyclic amines) is 1. The number of aryl methyl sites for hydroxylation is 2. The van der Waals surface area contributed by atoms with Gasteiger partial charge in [-0.1, -0.05) is 31.3 Å². The molecule has 1 saturated carbocycles. The summed E-state index contributed by atoms with van der Waals surface area (Å²) in [5, 5.41) is 4.16. The van der Waals surface area contributed by atoms with Crippen molar-refractivity contribution in [1.82, 2.24) is 20.0 Å². The van der Waals surface area contributed by atoms with E-state index in [0.717, 1.165) is 72.7 Å². The number of carbonyl (C=O) groups excluding carboxylic acids is 1. The Balaban J connectivity index is 1.67. The van der Waals surface area contributed by atoms with Gasteiger partial charge in [-0.05, 0) is 58.3 Å². The molecule has 3 heterocycles. The van der Waals surface area contributed by atoms with Crippen LogP contribution in [0.3, 0.4) is 0 Å². The Morgan fingerprint density at radius 1 is 1.13 bits per heavy atom. The van der Waals surface area contributed by atoms with E-state index in [1.807, 2.05) is 20.0 Å². The third kappa shape index (κ3) is 4.83. The van der Waals surface area contributed by atoms with Crippen LogP contribution < -0.4 is 0 Å². The first kappa shape index (κ1) is 22.0. The number of aromatic nitrogens is 3. The van der Waals surface area contributed by atoms with Crippen molar-refractivity contribution in [3.05, 3.63) is 29.0 Å². The molecule has 1 saturated heterocycles. The first-order chi connectivity index (χ1) is 15.1. The lowest BCUT2D eigenvalue weighted by Crippen LogP contribution is -2.40. The Morgan fingerprint density at radius 3 is 2.61 bits per heavy atom. The van der Waals surface area contributed by atoms with E-state index >= 15 is 0 Å². The van der Waals surface area contributed by atoms with E-state index in [4.69, 9.17) is 9.51 Å². The summed E-state index contributed by atoms with van der Waals surface area (Å²) in [5.41, 5.74) is 3.73. The van der Waals surface area contributed by atoms with Crippen LogP contribution in [0.25, 0.3) is 11.3 Å². The molecular weight excluding hydrogens is 388 g/mol. The quantitative estimate of drug-likeness (QED) is 0.592. The summed E-state index contributed by atoms with van der Waals surface area (Å²) in [6.07, 6.45) is 13.8. The minimum absolute atomic E-state index is 0.0109. The molecule has 4 rings (SSSR count). The summed E-state index contributed by atoms with van der Waals surface area (Å²) in [6.45, 7) is 6.94. The Bertz CT molecular complexity index is 901. The second-order valence-electron chi connectivity index (χ2n) is 9.36. The van der Waals surface area contributed by atoms with Crippen molar-refractivity contribution in [1.29, 1.82) is 0 Å². The fourth-order valence-electron chi connectivity index (χ4n) is 5.14. The molecule has 31 heavy (non-hydrogen) atoms. The highest BCUT2D eigenvalue weighted by atomic mass is 16.5. The predicted octanol–water partition coefficient (Wildman–Crippen LogP) is 5.72. The monoisotopic (exact) mass is 424 g/mol. The van der Waals surface area contributed by atoms with Crippen LogP contribution >= 0.6 is 0 Å². The molecular formula is C25H36N4O2. The largest absolute Gasteiger partial charge is 0.356 e. The lowest BCUT2D eigenvalue weighted by molar-refractivity contribution is -0.136. The number of rotatable bonds is 6. The molecule has 0 unspecified atom stereocenters. The SMILES string of the molecule is CCCc1ncc(-c2onc(C)c2C)c([C@H]2CCCCN2C(=O)CC2CCCCC2)n1. The Hall–Kier alpha value is -2.24. The van der Waals surface area contributed by atoms with Gasteiger partial charge in [0.15, 0.2) is 5.76 Å². The average Bonchev–Trinajstić information content (AvgIpc) is 3.13. The van der Waals surface area contributed by atoms with Crippen molar-refractivity contribution in [2.24, 2.45) is 5.92 Å². The van der Waals surface area contributed by atoms with E-state index in [0.29, 0.717) is 18.2 Å². The second kappa shape index (κ2) is 9.92. The fourth-order valence-corrected chi connectivity index (χ4v) is 5.14. The molecule has 1 atom stereocenters. The maximum absolute atomic E-state index is 13.4. The van der Waals surface area contributed by atoms with Gasteiger partial charge in [0.05, 0.1) is 23.0 Å². The average molecular weight is 425 g/mol. The highest BCUT2D eigenvalue weighted by Gasteiger charge is 2.33. The molecule has 0 radical (unpaired) electrons. The zero-order valence-electron chi connectivity index (χ0n) is 19.3. The third-order valence-electron chi connectivity index (χ3n) is 7.07. The topological polar surface area (TPSA) is 72.1 Å². The predicted molar refractivity (Wildman–Crippen MR) is 120 cm³/mol. The molecule has 0 N–H and O–H groups in total. The van der Waals surface area contributed by atoms with Gasteiger partial charge in [0.2, 0.25) is 5.91 Å². The first-order valence-electron chi connectivity index (χ1n) is 12.2. The maximum Gasteiger partial charge on any atom is 0.223 e. The van der Waals surface area contributed by atoms with E-state index in [2.05, 4.69) is 22.0 Å². The Kier molecular flexibility index (Phi) is 7.03. The van der Waals surface area contributed by atoms with Gasteiger partial charge in [-0.2, -0.15) is 0 Å². The van der Waals surface area contributed by atoms with Gasteiger partial charge < -0.3 is 9.42 Å². The lowest BCUT2D eigenvalue weighted by Gasteiger charge is -2.37. The zero-order chi connectivity index (χ0) is 21.8. The number of hydrogen-bond donors (Lipinski definition) is 0. The second-order valence-corrected chi connectivity index (χ2v) is 9.36. The standard InChI is InChI=1S/C25H36N4O2/c1-4-10-22-26-16-20(25-17(2)18(3)28-31-25)24(27-22)21-13-8-9-14-29(21)23(30)15-19-11-6-5-7-12-19/h16,19,21H,4-15H2,1-3H3/t21-/m1/s1. The van der Waals surface area contributed by atoms with Crippen LogP contribution in [0.4, 0.5) is 0 Å². The molecule has 2 aromatic rings. The zero-order valence-corrected chi connectivity index (χ0v) is 19.3. The van der Waals surface area contributed by atoms with Crippen LogP contribution in [0.15, 0.2) is 10.7 Å². The summed E-state index contributed by atoms with van der Waals surface area (Å²) in [4.78, 5) is 25.1. The highest BCUT2D eigenvalue weighted by Crippen LogP contribution is 2.38. The summed E-state index contributed by atoms with van der Waals surface area (Å²) in [5.74, 6) is 2.42. The van der Waals surface area contributed by atoms with E-state index in [1.54, 1.807) is 0 Å². The summed E-state index contributed by atoms with van der Waals surface area (Å²) >= 11 is 0. The molecule has 168 valence electrons. The van der Waals surface area contributed by atoms with Crippen LogP contribution in [0.5, 0.6) is 0 Å². The van der Waals surface area contributed by atoms with Crippen LogP contribution in [0, 0.1) is 19.8 Å². The van der Waals surface area contributed by atoms with Gasteiger partial charge in [-0.25, -0.2) is 9.97 Å². The third-order valence-corrected chi connectivity index (χ3v) is 7.07. The molecule has 0 bridgehead atoms. The summed E-state index contributed by atoms with van der Waals surface area (Å²) < 4.78 is 5.70. The van der Waals surface area contributed by atoms with Gasteiger partial charge in [-0.15, -0.1) is 0 Å². The van der Waals surface area contributed by atoms with E-state index in [1.165, 1.54) is 32.1 Å². The molecule has 6 heteroatoms. The summed E-state index contributed by atoms with van der Waals surface area (Å²) in [6, 6.07) is -0.0109. The molecule has 0 spiro atoms. The van der Waals surface area contributed by atoms with Crippen molar-refractivity contribution >= 4 is 5.91 Å². The minimum Gasteiger partial charge on any atom is -0.356 e. The molecule has 1 amide bonds. The van der Waals surface area contributed by atoms with Crippen molar-refractivity contribution in [2.75, 3.05) is 6.54 Å². The molecule has 1 aliphatic heterocycles. The van der Waals surface area contributed by atoms with Gasteiger partial charge in [0, 0.05) is 31.1 Å². The molecule has 2 aliphatic rings. The minimum atomic E-state index is -0.0109. The number of carbonyl (C=O) groups is 1. The van der Waals surface area contributed by atoms with E-state index in [9.17, 15) is 4.79 Å². The number of hydrogen-bond acceptors (Lipinski definition) is 5. The Labute approximate surface area is 185 Å². The molecule has 2 aromatic heterocycles. The van der Waals surface area contributed by atoms with Crippen molar-refractivity contribution in [3.8, 4) is 11.3 Å². The van der Waals surface area contributed by atoms with Gasteiger partial charge in [0.25, 0.3) is 0 Å². The number of nitrogens with zero attached hydrogens (tertiary/aromatic N) is 4. The van der Waals surface area contributed by atoms with Crippen molar-refractivity contribution in [3.63, 3.8) is 0 Å². The fraction of sp³-hybridized carbons (Fsp3) is 0.680. The van der Waals surface area contributed by atoms with Gasteiger partial charge in [-0.3, -0.25) is 4.79 Å². The summed E-state index contributed by atoms with van der Waals surface area (Å²) in [7, 11) is 0. The van der Waals surface area contributed by atoms with Crippen LogP contribution in [0.1, 0.15) is 99.9 Å². The van der Waals surface area contributed by atoms with Crippen LogP contribution in [-0.4, -0.2) is 32.5 Å². The van der Waals surface area contributed by atoms with E-state index < -0.39 is 0 Å². The van der Waals surface area contributed by atoms with Gasteiger partial charge >= 0.3 is 0 Å². The van der Waals surface area contributed by atoms with Gasteiger partial charge in [0.1, 0.15) is 5.82 Å². The van der Waals surface area contributed by atoms with Crippen LogP contribution in [-0.2, 0) is 11.2 Å². The highest BCUT2D eigenvalue weighted by molar-refractivity contribution is 5.77. The smallest absolute Gasteiger partial charge is 0.223 e. The number of piperidine rings is 1. The van der Waals surface area contributed by atoms with Crippen LogP contribution in [0.2, 0.25) is 0 Å². The maximum atomic E-state index is 13.4. The molecule has 6 nitrogen and oxygen atoms in total.